The molecule has 1 aliphatic rings. The molecule has 0 radical (unpaired) electrons. The number of aliphatic hydroxyl groups excluding tert-OH is 1. The van der Waals surface area contributed by atoms with Crippen LogP contribution in [0, 0.1) is 0 Å². The second kappa shape index (κ2) is 16.4. The Bertz CT molecular complexity index is 1310. The maximum atomic E-state index is 11.6. The zero-order valence-corrected chi connectivity index (χ0v) is 24.4. The molecule has 1 N–H and O–H groups in total. The molecule has 5 rings (SSSR count). The first-order chi connectivity index (χ1) is 21.2. The van der Waals surface area contributed by atoms with E-state index in [4.69, 9.17) is 28.4 Å². The van der Waals surface area contributed by atoms with Crippen molar-refractivity contribution in [2.75, 3.05) is 13.7 Å². The van der Waals surface area contributed by atoms with Crippen LogP contribution in [0.25, 0.3) is 0 Å². The fourth-order valence-electron chi connectivity index (χ4n) is 5.16. The highest BCUT2D eigenvalue weighted by Gasteiger charge is 2.49. The smallest absolute Gasteiger partial charge is 0.186 e. The molecule has 0 unspecified atom stereocenters. The normalized spacial score (nSPS) is 24.0. The summed E-state index contributed by atoms with van der Waals surface area (Å²) in [5.74, 6) is 0. The molecule has 0 bridgehead atoms. The van der Waals surface area contributed by atoms with Crippen LogP contribution >= 0.6 is 0 Å². The second-order valence-electron chi connectivity index (χ2n) is 10.6. The average molecular weight is 585 g/mol. The van der Waals surface area contributed by atoms with Gasteiger partial charge in [-0.05, 0) is 22.3 Å². The van der Waals surface area contributed by atoms with Crippen molar-refractivity contribution >= 4 is 0 Å². The molecule has 0 amide bonds. The molecule has 1 heterocycles. The number of ether oxygens (including phenoxy) is 6. The maximum absolute atomic E-state index is 11.6. The van der Waals surface area contributed by atoms with E-state index in [0.29, 0.717) is 19.8 Å². The standard InChI is InChI=1S/C36H40O7/c1-38-36-32(37)34(41-24-29-18-10-4-11-19-29)35(42-25-30-20-12-5-13-21-30)33(40-23-28-16-8-3-9-17-28)31(43-36)26-39-22-27-14-6-2-7-15-27/h2-21,31-37H,22-26H2,1H3/t31-,32-,33-,34-,35+,36+/m1/s1. The predicted octanol–water partition coefficient (Wildman–Crippen LogP) is 5.69. The number of aliphatic hydroxyl groups is 1. The molecule has 1 aliphatic heterocycles. The molecule has 1 saturated heterocycles. The minimum Gasteiger partial charge on any atom is -0.385 e. The van der Waals surface area contributed by atoms with Gasteiger partial charge in [0.2, 0.25) is 0 Å². The van der Waals surface area contributed by atoms with Crippen molar-refractivity contribution < 1.29 is 33.5 Å². The number of hydrogen-bond donors (Lipinski definition) is 1. The summed E-state index contributed by atoms with van der Waals surface area (Å²) in [7, 11) is 1.51. The summed E-state index contributed by atoms with van der Waals surface area (Å²) < 4.78 is 37.9. The molecule has 6 atom stereocenters. The van der Waals surface area contributed by atoms with Gasteiger partial charge in [0, 0.05) is 7.11 Å². The Labute approximate surface area is 253 Å². The Morgan fingerprint density at radius 1 is 0.535 bits per heavy atom. The lowest BCUT2D eigenvalue weighted by Gasteiger charge is -2.35. The molecule has 43 heavy (non-hydrogen) atoms. The zero-order chi connectivity index (χ0) is 29.7. The molecule has 0 aromatic heterocycles. The van der Waals surface area contributed by atoms with Crippen LogP contribution in [0.5, 0.6) is 0 Å². The van der Waals surface area contributed by atoms with E-state index in [1.54, 1.807) is 0 Å². The molecular weight excluding hydrogens is 544 g/mol. The van der Waals surface area contributed by atoms with E-state index in [2.05, 4.69) is 0 Å². The third kappa shape index (κ3) is 9.05. The van der Waals surface area contributed by atoms with E-state index in [1.807, 2.05) is 121 Å². The molecule has 226 valence electrons. The van der Waals surface area contributed by atoms with Crippen molar-refractivity contribution in [2.24, 2.45) is 0 Å². The summed E-state index contributed by atoms with van der Waals surface area (Å²) in [6.45, 7) is 1.47. The monoisotopic (exact) mass is 584 g/mol. The summed E-state index contributed by atoms with van der Waals surface area (Å²) in [5, 5.41) is 11.6. The summed E-state index contributed by atoms with van der Waals surface area (Å²) in [5.41, 5.74) is 4.01. The van der Waals surface area contributed by atoms with E-state index in [9.17, 15) is 5.11 Å². The van der Waals surface area contributed by atoms with E-state index in [-0.39, 0.29) is 13.2 Å². The van der Waals surface area contributed by atoms with Crippen LogP contribution in [-0.2, 0) is 54.8 Å². The first kappa shape index (κ1) is 31.0. The van der Waals surface area contributed by atoms with Gasteiger partial charge in [0.25, 0.3) is 0 Å². The SMILES string of the molecule is CO[C@H]1O[C@H](COCc2ccccc2)[C@@H](OCc2ccccc2)[C@H](OCc2ccccc2)[C@H](OCc2ccccc2)[C@H]1O. The highest BCUT2D eigenvalue weighted by atomic mass is 16.7. The van der Waals surface area contributed by atoms with Gasteiger partial charge in [0.1, 0.15) is 30.5 Å². The van der Waals surface area contributed by atoms with E-state index in [0.717, 1.165) is 22.3 Å². The van der Waals surface area contributed by atoms with Crippen LogP contribution in [0.1, 0.15) is 22.3 Å². The minimum atomic E-state index is -1.16. The van der Waals surface area contributed by atoms with Crippen LogP contribution < -0.4 is 0 Å². The first-order valence-electron chi connectivity index (χ1n) is 14.7. The van der Waals surface area contributed by atoms with Gasteiger partial charge >= 0.3 is 0 Å². The first-order valence-corrected chi connectivity index (χ1v) is 14.7. The summed E-state index contributed by atoms with van der Waals surface area (Å²) in [6.07, 6.45) is -4.97. The third-order valence-corrected chi connectivity index (χ3v) is 7.42. The number of hydrogen-bond acceptors (Lipinski definition) is 7. The quantitative estimate of drug-likeness (QED) is 0.204. The van der Waals surface area contributed by atoms with Crippen LogP contribution in [0.2, 0.25) is 0 Å². The van der Waals surface area contributed by atoms with Crippen molar-refractivity contribution in [3.8, 4) is 0 Å². The Balaban J connectivity index is 1.44. The van der Waals surface area contributed by atoms with Gasteiger partial charge < -0.3 is 33.5 Å². The predicted molar refractivity (Wildman–Crippen MR) is 163 cm³/mol. The van der Waals surface area contributed by atoms with Crippen molar-refractivity contribution in [3.63, 3.8) is 0 Å². The molecule has 0 saturated carbocycles. The molecule has 7 heteroatoms. The lowest BCUT2D eigenvalue weighted by atomic mass is 9.99. The molecule has 4 aromatic carbocycles. The third-order valence-electron chi connectivity index (χ3n) is 7.42. The summed E-state index contributed by atoms with van der Waals surface area (Å²) >= 11 is 0. The highest BCUT2D eigenvalue weighted by molar-refractivity contribution is 5.16. The molecule has 1 fully saturated rings. The largest absolute Gasteiger partial charge is 0.385 e. The lowest BCUT2D eigenvalue weighted by molar-refractivity contribution is -0.231. The van der Waals surface area contributed by atoms with Gasteiger partial charge in [0.15, 0.2) is 6.29 Å². The second-order valence-corrected chi connectivity index (χ2v) is 10.6. The Hall–Kier alpha value is -3.40. The fraction of sp³-hybridized carbons (Fsp3) is 0.333. The fourth-order valence-corrected chi connectivity index (χ4v) is 5.16. The van der Waals surface area contributed by atoms with E-state index >= 15 is 0 Å². The van der Waals surface area contributed by atoms with Gasteiger partial charge in [-0.1, -0.05) is 121 Å². The number of methoxy groups -OCH3 is 1. The van der Waals surface area contributed by atoms with E-state index < -0.39 is 36.8 Å². The van der Waals surface area contributed by atoms with Crippen LogP contribution in [0.4, 0.5) is 0 Å². The molecular formula is C36H40O7. The van der Waals surface area contributed by atoms with Crippen molar-refractivity contribution in [3.05, 3.63) is 144 Å². The average Bonchev–Trinajstić information content (AvgIpc) is 3.17. The van der Waals surface area contributed by atoms with Gasteiger partial charge in [-0.3, -0.25) is 0 Å². The Kier molecular flexibility index (Phi) is 11.9. The van der Waals surface area contributed by atoms with Crippen molar-refractivity contribution in [1.29, 1.82) is 0 Å². The Morgan fingerprint density at radius 3 is 1.37 bits per heavy atom. The number of rotatable bonds is 14. The molecule has 0 aliphatic carbocycles. The highest BCUT2D eigenvalue weighted by Crippen LogP contribution is 2.30. The lowest BCUT2D eigenvalue weighted by Crippen LogP contribution is -2.51. The van der Waals surface area contributed by atoms with Crippen molar-refractivity contribution in [2.45, 2.75) is 63.2 Å². The summed E-state index contributed by atoms with van der Waals surface area (Å²) in [6, 6.07) is 39.6. The van der Waals surface area contributed by atoms with Gasteiger partial charge in [-0.15, -0.1) is 0 Å². The maximum Gasteiger partial charge on any atom is 0.186 e. The zero-order valence-electron chi connectivity index (χ0n) is 24.4. The van der Waals surface area contributed by atoms with Gasteiger partial charge in [-0.25, -0.2) is 0 Å². The Morgan fingerprint density at radius 2 is 0.930 bits per heavy atom. The topological polar surface area (TPSA) is 75.6 Å². The van der Waals surface area contributed by atoms with Gasteiger partial charge in [-0.2, -0.15) is 0 Å². The summed E-state index contributed by atoms with van der Waals surface area (Å²) in [4.78, 5) is 0. The van der Waals surface area contributed by atoms with Crippen LogP contribution in [-0.4, -0.2) is 55.6 Å². The van der Waals surface area contributed by atoms with Gasteiger partial charge in [0.05, 0.1) is 33.0 Å². The molecule has 0 spiro atoms. The number of benzene rings is 4. The van der Waals surface area contributed by atoms with Crippen LogP contribution in [0.15, 0.2) is 121 Å². The minimum absolute atomic E-state index is 0.192. The molecule has 4 aromatic rings. The molecule has 7 nitrogen and oxygen atoms in total. The van der Waals surface area contributed by atoms with E-state index in [1.165, 1.54) is 7.11 Å². The van der Waals surface area contributed by atoms with Crippen molar-refractivity contribution in [1.82, 2.24) is 0 Å². The van der Waals surface area contributed by atoms with Crippen LogP contribution in [0.3, 0.4) is 0 Å².